The highest BCUT2D eigenvalue weighted by atomic mass is 28.1. The maximum absolute atomic E-state index is 12.9. The van der Waals surface area contributed by atoms with Crippen molar-refractivity contribution in [1.29, 1.82) is 0 Å². The monoisotopic (exact) mass is 1140 g/mol. The van der Waals surface area contributed by atoms with Gasteiger partial charge in [-0.2, -0.15) is 0 Å². The van der Waals surface area contributed by atoms with Crippen LogP contribution in [0, 0.1) is 11.3 Å². The van der Waals surface area contributed by atoms with E-state index in [1.54, 1.807) is 13.8 Å². The molecule has 24 N–H and O–H groups in total. The van der Waals surface area contributed by atoms with Gasteiger partial charge >= 0.3 is 6.03 Å². The molecule has 2 saturated heterocycles. The molecule has 4 radical (unpaired) electrons. The first-order chi connectivity index (χ1) is 36.3. The molecule has 13 atom stereocenters. The number of likely N-dealkylation sites (N-methyl/N-ethyl adjacent to an activating group) is 1. The van der Waals surface area contributed by atoms with Gasteiger partial charge in [0.2, 0.25) is 17.7 Å². The number of aliphatic hydroxyl groups is 13. The SMILES string of the molecule is CC(C)(CO)C(O)C(=O)NCCCO.CCN(CC)C(=O)[C@@H]1C=C2c3cccc4[nH]cc(c34)C[C@H]2N(C)C1.NC(=O)CNCCO.NC(N)=O.NCCO.OCC1OC(OC2C(CO)OC(O)C(O)C2O)C(O)C(O)C1O.[Si]. The topological polar surface area (TPSA) is 509 Å². The number of hydrogen-bond donors (Lipinski definition) is 20. The van der Waals surface area contributed by atoms with E-state index in [2.05, 4.69) is 83.4 Å². The third-order valence-electron chi connectivity index (χ3n) is 12.4. The van der Waals surface area contributed by atoms with Crippen molar-refractivity contribution in [1.82, 2.24) is 25.4 Å². The summed E-state index contributed by atoms with van der Waals surface area (Å²) in [5, 5.41) is 126. The highest BCUT2D eigenvalue weighted by Gasteiger charge is 2.50. The normalized spacial score (nSPS) is 26.4. The van der Waals surface area contributed by atoms with Crippen LogP contribution in [0.5, 0.6) is 0 Å². The quantitative estimate of drug-likeness (QED) is 0.0487. The third kappa shape index (κ3) is 22.3. The second kappa shape index (κ2) is 37.5. The first kappa shape index (κ1) is 73.6. The zero-order valence-electron chi connectivity index (χ0n) is 44.9. The number of nitrogens with one attached hydrogen (secondary N) is 3. The Hall–Kier alpha value is -4.36. The molecule has 29 nitrogen and oxygen atoms in total. The van der Waals surface area contributed by atoms with E-state index in [-0.39, 0.29) is 55.8 Å². The molecule has 6 rings (SSSR count). The Bertz CT molecular complexity index is 2070. The minimum absolute atomic E-state index is 0. The number of benzene rings is 1. The summed E-state index contributed by atoms with van der Waals surface area (Å²) in [7, 11) is 2.15. The number of aliphatic hydroxyl groups excluding tert-OH is 13. The van der Waals surface area contributed by atoms with Crippen molar-refractivity contribution in [2.24, 2.45) is 34.3 Å². The van der Waals surface area contributed by atoms with E-state index in [0.717, 1.165) is 26.1 Å². The van der Waals surface area contributed by atoms with Crippen molar-refractivity contribution in [2.75, 3.05) is 92.5 Å². The average Bonchev–Trinajstić information content (AvgIpc) is 3.83. The van der Waals surface area contributed by atoms with Gasteiger partial charge in [-0.25, -0.2) is 4.79 Å². The predicted octanol–water partition coefficient (Wildman–Crippen LogP) is -7.99. The molecule has 2 fully saturated rings. The average molecular weight is 1140 g/mol. The maximum atomic E-state index is 12.9. The minimum atomic E-state index is -1.74. The molecule has 4 aliphatic rings. The summed E-state index contributed by atoms with van der Waals surface area (Å²) >= 11 is 0. The van der Waals surface area contributed by atoms with Gasteiger partial charge in [0.1, 0.15) is 54.9 Å². The molecule has 4 heterocycles. The van der Waals surface area contributed by atoms with Crippen molar-refractivity contribution in [3.05, 3.63) is 41.6 Å². The number of fused-ring (bicyclic) bond motifs is 2. The number of urea groups is 1. The number of carbonyl (C=O) groups excluding carboxylic acids is 4. The summed E-state index contributed by atoms with van der Waals surface area (Å²) in [6.45, 7) is 9.45. The second-order valence-corrected chi connectivity index (χ2v) is 18.7. The van der Waals surface area contributed by atoms with Gasteiger partial charge in [-0.3, -0.25) is 19.3 Å². The van der Waals surface area contributed by atoms with Crippen molar-refractivity contribution in [2.45, 2.75) is 114 Å². The van der Waals surface area contributed by atoms with Crippen molar-refractivity contribution in [3.63, 3.8) is 0 Å². The number of rotatable bonds is 18. The number of hydrogen-bond acceptors (Lipinski definition) is 23. The van der Waals surface area contributed by atoms with Crippen LogP contribution in [0.2, 0.25) is 0 Å². The molecule has 0 saturated carbocycles. The Labute approximate surface area is 457 Å². The molecule has 11 unspecified atom stereocenters. The van der Waals surface area contributed by atoms with Crippen molar-refractivity contribution < 1.29 is 99.8 Å². The van der Waals surface area contributed by atoms with Gasteiger partial charge in [0.05, 0.1) is 45.5 Å². The van der Waals surface area contributed by atoms with Crippen molar-refractivity contribution in [3.8, 4) is 0 Å². The lowest BCUT2D eigenvalue weighted by Gasteiger charge is -2.45. The van der Waals surface area contributed by atoms with Crippen LogP contribution in [0.4, 0.5) is 4.79 Å². The summed E-state index contributed by atoms with van der Waals surface area (Å²) < 4.78 is 15.3. The standard InChI is InChI=1S/C20H25N3O.C12H22O11.C9H19NO4.C4H10N2O2.C2H7NO.CH4N2O.Si/c1-4-23(5-2)20(24)14-9-16-15-7-6-8-17-19(15)13(11-21-17)10-18(16)22(3)12-14;13-1-3-5(15)6(16)9(19)12(22-3)23-10-4(2-14)21-11(20)8(18)7(10)17;1-9(2,6-12)7(13)8(14)10-4-3-5-11;5-4(8)3-6-1-2-7;3-1-2-4;2-1(3)4;/h6-9,11,14,18,21H,4-5,10,12H2,1-3H3;3-20H,1-2H2;7,11-13H,3-6H2,1-2H3,(H,10,14);6-7H,1-3H2,(H2,5,8);4H,1-3H2;(H4,2,3,4);/t14-,18-;;;;;;/m1....../s1. The fraction of sp³-hybridized carbons (Fsp3) is 0.708. The highest BCUT2D eigenvalue weighted by molar-refractivity contribution is 5.99. The van der Waals surface area contributed by atoms with Gasteiger partial charge in [-0.05, 0) is 56.5 Å². The number of aromatic amines is 1. The van der Waals surface area contributed by atoms with Gasteiger partial charge in [-0.15, -0.1) is 0 Å². The Balaban J connectivity index is 0.00000102. The number of nitrogens with two attached hydrogens (primary N) is 4. The van der Waals surface area contributed by atoms with E-state index in [9.17, 15) is 55.2 Å². The largest absolute Gasteiger partial charge is 0.396 e. The Morgan fingerprint density at radius 1 is 0.859 bits per heavy atom. The molecule has 5 amide bonds. The van der Waals surface area contributed by atoms with Crippen LogP contribution in [0.3, 0.4) is 0 Å². The van der Waals surface area contributed by atoms with Gasteiger partial charge in [0, 0.05) is 85.4 Å². The Kier molecular flexibility index (Phi) is 35.4. The second-order valence-electron chi connectivity index (χ2n) is 18.7. The van der Waals surface area contributed by atoms with Crippen molar-refractivity contribution >= 4 is 51.2 Å². The van der Waals surface area contributed by atoms with Gasteiger partial charge in [0.25, 0.3) is 0 Å². The van der Waals surface area contributed by atoms with Crippen LogP contribution in [-0.2, 0) is 35.0 Å². The summed E-state index contributed by atoms with van der Waals surface area (Å²) in [6, 6.07) is 5.99. The lowest BCUT2D eigenvalue weighted by Crippen LogP contribution is -2.64. The molecule has 1 aromatic carbocycles. The maximum Gasteiger partial charge on any atom is 0.309 e. The van der Waals surface area contributed by atoms with Crippen LogP contribution < -0.4 is 33.6 Å². The predicted molar refractivity (Wildman–Crippen MR) is 283 cm³/mol. The zero-order valence-corrected chi connectivity index (χ0v) is 45.9. The van der Waals surface area contributed by atoms with E-state index in [1.165, 1.54) is 27.6 Å². The number of carbonyl (C=O) groups is 4. The van der Waals surface area contributed by atoms with E-state index >= 15 is 0 Å². The molecule has 3 aliphatic heterocycles. The zero-order chi connectivity index (χ0) is 58.7. The van der Waals surface area contributed by atoms with Gasteiger partial charge in [0.15, 0.2) is 12.6 Å². The number of ether oxygens (including phenoxy) is 3. The fourth-order valence-corrected chi connectivity index (χ4v) is 8.06. The van der Waals surface area contributed by atoms with Crippen LogP contribution in [0.1, 0.15) is 45.2 Å². The van der Waals surface area contributed by atoms with E-state index < -0.39 is 104 Å². The number of aromatic nitrogens is 1. The first-order valence-corrected chi connectivity index (χ1v) is 25.0. The molecule has 1 aromatic heterocycles. The molecule has 30 heteroatoms. The Morgan fingerprint density at radius 2 is 1.46 bits per heavy atom. The molecular formula is C48H87N9O20Si. The van der Waals surface area contributed by atoms with Gasteiger partial charge in [-0.1, -0.05) is 32.1 Å². The summed E-state index contributed by atoms with van der Waals surface area (Å²) in [4.78, 5) is 50.8. The molecular weight excluding hydrogens is 1050 g/mol. The highest BCUT2D eigenvalue weighted by Crippen LogP contribution is 2.41. The molecule has 0 bridgehead atoms. The van der Waals surface area contributed by atoms with Crippen LogP contribution >= 0.6 is 0 Å². The third-order valence-corrected chi connectivity index (χ3v) is 12.4. The molecule has 0 spiro atoms. The summed E-state index contributed by atoms with van der Waals surface area (Å²) in [6.07, 6.45) is -10.9. The summed E-state index contributed by atoms with van der Waals surface area (Å²) in [5.74, 6) is -0.710. The fourth-order valence-electron chi connectivity index (χ4n) is 8.06. The Morgan fingerprint density at radius 3 is 1.97 bits per heavy atom. The van der Waals surface area contributed by atoms with E-state index in [1.807, 2.05) is 4.90 Å². The molecule has 1 aliphatic carbocycles. The van der Waals surface area contributed by atoms with E-state index in [4.69, 9.17) is 56.0 Å². The number of primary amides is 3. The smallest absolute Gasteiger partial charge is 0.309 e. The number of H-pyrrole nitrogens is 1. The molecule has 2 aromatic rings. The molecule has 78 heavy (non-hydrogen) atoms. The first-order valence-electron chi connectivity index (χ1n) is 25.0. The van der Waals surface area contributed by atoms with E-state index in [0.29, 0.717) is 32.1 Å². The summed E-state index contributed by atoms with van der Waals surface area (Å²) in [5.41, 5.74) is 22.4. The molecule has 448 valence electrons. The lowest BCUT2D eigenvalue weighted by molar-refractivity contribution is -0.355. The lowest BCUT2D eigenvalue weighted by atomic mass is 9.79. The van der Waals surface area contributed by atoms with Gasteiger partial charge < -0.3 is 124 Å². The van der Waals surface area contributed by atoms with Crippen LogP contribution in [-0.4, -0.2) is 282 Å². The van der Waals surface area contributed by atoms with Crippen LogP contribution in [0.25, 0.3) is 16.5 Å². The number of amides is 5. The van der Waals surface area contributed by atoms with Crippen LogP contribution in [0.15, 0.2) is 30.5 Å². The minimum Gasteiger partial charge on any atom is -0.396 e. The number of nitrogens with zero attached hydrogens (tertiary/aromatic N) is 2.